The Morgan fingerprint density at radius 3 is 2.45 bits per heavy atom. The molecule has 0 aliphatic heterocycles. The van der Waals surface area contributed by atoms with Crippen LogP contribution in [0.3, 0.4) is 0 Å². The molecule has 0 saturated heterocycles. The van der Waals surface area contributed by atoms with Crippen LogP contribution in [0, 0.1) is 6.92 Å². The monoisotopic (exact) mass is 299 g/mol. The summed E-state index contributed by atoms with van der Waals surface area (Å²) < 4.78 is 12.3. The van der Waals surface area contributed by atoms with Gasteiger partial charge in [0.2, 0.25) is 5.95 Å². The molecule has 3 rings (SSSR count). The van der Waals surface area contributed by atoms with Crippen LogP contribution in [0.5, 0.6) is 11.5 Å². The molecular formula is C15H17N5O2. The molecule has 2 aromatic heterocycles. The van der Waals surface area contributed by atoms with Gasteiger partial charge in [-0.1, -0.05) is 0 Å². The molecule has 0 fully saturated rings. The van der Waals surface area contributed by atoms with Crippen molar-refractivity contribution in [3.63, 3.8) is 0 Å². The van der Waals surface area contributed by atoms with E-state index in [9.17, 15) is 0 Å². The highest BCUT2D eigenvalue weighted by Gasteiger charge is 2.11. The molecule has 2 heterocycles. The number of ether oxygens (including phenoxy) is 2. The van der Waals surface area contributed by atoms with Gasteiger partial charge in [-0.25, -0.2) is 9.97 Å². The molecule has 0 saturated carbocycles. The number of nitrogens with zero attached hydrogens (tertiary/aromatic N) is 4. The molecule has 0 unspecified atom stereocenters. The Morgan fingerprint density at radius 1 is 1.09 bits per heavy atom. The Labute approximate surface area is 127 Å². The van der Waals surface area contributed by atoms with E-state index in [1.807, 2.05) is 32.2 Å². The zero-order valence-electron chi connectivity index (χ0n) is 12.9. The van der Waals surface area contributed by atoms with Crippen molar-refractivity contribution >= 4 is 22.7 Å². The molecule has 0 amide bonds. The normalized spacial score (nSPS) is 10.7. The van der Waals surface area contributed by atoms with Gasteiger partial charge in [-0.2, -0.15) is 0 Å². The molecule has 1 aromatic carbocycles. The molecule has 1 N–H and O–H groups in total. The predicted octanol–water partition coefficient (Wildman–Crippen LogP) is 2.43. The van der Waals surface area contributed by atoms with E-state index in [4.69, 9.17) is 9.47 Å². The zero-order valence-corrected chi connectivity index (χ0v) is 12.9. The Hall–Kier alpha value is -2.83. The molecule has 0 bridgehead atoms. The first kappa shape index (κ1) is 14.1. The van der Waals surface area contributed by atoms with E-state index in [1.54, 1.807) is 25.2 Å². The van der Waals surface area contributed by atoms with Crippen molar-refractivity contribution < 1.29 is 9.47 Å². The van der Waals surface area contributed by atoms with Gasteiger partial charge in [-0.05, 0) is 24.6 Å². The highest BCUT2D eigenvalue weighted by atomic mass is 16.5. The quantitative estimate of drug-likeness (QED) is 0.797. The molecule has 0 radical (unpaired) electrons. The summed E-state index contributed by atoms with van der Waals surface area (Å²) in [7, 11) is 5.04. The molecule has 0 aliphatic rings. The van der Waals surface area contributed by atoms with Crippen molar-refractivity contribution in [2.24, 2.45) is 7.05 Å². The lowest BCUT2D eigenvalue weighted by Gasteiger charge is -2.11. The van der Waals surface area contributed by atoms with Gasteiger partial charge in [0.05, 0.1) is 19.7 Å². The molecule has 114 valence electrons. The van der Waals surface area contributed by atoms with E-state index >= 15 is 0 Å². The summed E-state index contributed by atoms with van der Waals surface area (Å²) in [5, 5.41) is 8.30. The van der Waals surface area contributed by atoms with Crippen LogP contribution in [0.2, 0.25) is 0 Å². The minimum Gasteiger partial charge on any atom is -0.493 e. The van der Waals surface area contributed by atoms with Crippen molar-refractivity contribution in [2.75, 3.05) is 19.5 Å². The Kier molecular flexibility index (Phi) is 3.54. The van der Waals surface area contributed by atoms with Gasteiger partial charge >= 0.3 is 0 Å². The maximum Gasteiger partial charge on any atom is 0.247 e. The highest BCUT2D eigenvalue weighted by Crippen LogP contribution is 2.33. The second kappa shape index (κ2) is 5.51. The minimum absolute atomic E-state index is 0.509. The first-order valence-corrected chi connectivity index (χ1v) is 6.76. The molecule has 0 aliphatic carbocycles. The fourth-order valence-corrected chi connectivity index (χ4v) is 2.30. The van der Waals surface area contributed by atoms with E-state index in [0.29, 0.717) is 23.3 Å². The van der Waals surface area contributed by atoms with Crippen molar-refractivity contribution in [3.8, 4) is 11.5 Å². The van der Waals surface area contributed by atoms with Crippen LogP contribution in [-0.2, 0) is 7.05 Å². The number of rotatable bonds is 4. The smallest absolute Gasteiger partial charge is 0.247 e. The SMILES string of the molecule is COc1cc2nc(Nc3ncn(C)n3)cc(C)c2cc1OC. The molecule has 7 nitrogen and oxygen atoms in total. The summed E-state index contributed by atoms with van der Waals surface area (Å²) in [6.07, 6.45) is 1.63. The number of benzene rings is 1. The van der Waals surface area contributed by atoms with Crippen LogP contribution in [-0.4, -0.2) is 34.0 Å². The fraction of sp³-hybridized carbons (Fsp3) is 0.267. The standard InChI is InChI=1S/C15H17N5O2/c1-9-5-14(18-15-16-8-20(2)19-15)17-11-7-13(22-4)12(21-3)6-10(9)11/h5-8H,1-4H3,(H,17,18,19). The summed E-state index contributed by atoms with van der Waals surface area (Å²) in [6.45, 7) is 2.02. The number of aromatic nitrogens is 4. The summed E-state index contributed by atoms with van der Waals surface area (Å²) in [4.78, 5) is 8.73. The predicted molar refractivity (Wildman–Crippen MR) is 83.9 cm³/mol. The topological polar surface area (TPSA) is 74.1 Å². The Morgan fingerprint density at radius 2 is 1.82 bits per heavy atom. The summed E-state index contributed by atoms with van der Waals surface area (Å²) >= 11 is 0. The summed E-state index contributed by atoms with van der Waals surface area (Å²) in [5.41, 5.74) is 1.89. The van der Waals surface area contributed by atoms with E-state index < -0.39 is 0 Å². The summed E-state index contributed by atoms with van der Waals surface area (Å²) in [5.74, 6) is 2.53. The number of hydrogen-bond donors (Lipinski definition) is 1. The van der Waals surface area contributed by atoms with Crippen LogP contribution >= 0.6 is 0 Å². The van der Waals surface area contributed by atoms with Crippen molar-refractivity contribution in [1.29, 1.82) is 0 Å². The number of pyridine rings is 1. The third kappa shape index (κ3) is 2.52. The van der Waals surface area contributed by atoms with Gasteiger partial charge in [0.25, 0.3) is 0 Å². The van der Waals surface area contributed by atoms with E-state index in [2.05, 4.69) is 20.4 Å². The molecule has 0 atom stereocenters. The maximum atomic E-state index is 5.34. The average molecular weight is 299 g/mol. The number of methoxy groups -OCH3 is 2. The van der Waals surface area contributed by atoms with Crippen molar-refractivity contribution in [2.45, 2.75) is 6.92 Å². The highest BCUT2D eigenvalue weighted by molar-refractivity contribution is 5.87. The van der Waals surface area contributed by atoms with E-state index in [0.717, 1.165) is 16.5 Å². The lowest BCUT2D eigenvalue weighted by atomic mass is 10.1. The van der Waals surface area contributed by atoms with Crippen molar-refractivity contribution in [1.82, 2.24) is 19.7 Å². The number of anilines is 2. The third-order valence-corrected chi connectivity index (χ3v) is 3.36. The number of hydrogen-bond acceptors (Lipinski definition) is 6. The summed E-state index contributed by atoms with van der Waals surface area (Å²) in [6, 6.07) is 5.74. The molecule has 0 spiro atoms. The van der Waals surface area contributed by atoms with Gasteiger partial charge in [-0.3, -0.25) is 4.68 Å². The largest absolute Gasteiger partial charge is 0.493 e. The van der Waals surface area contributed by atoms with Gasteiger partial charge in [0.1, 0.15) is 12.1 Å². The number of aryl methyl sites for hydroxylation is 2. The van der Waals surface area contributed by atoms with Crippen LogP contribution in [0.25, 0.3) is 10.9 Å². The van der Waals surface area contributed by atoms with E-state index in [1.165, 1.54) is 0 Å². The van der Waals surface area contributed by atoms with Crippen LogP contribution < -0.4 is 14.8 Å². The van der Waals surface area contributed by atoms with Gasteiger partial charge in [0, 0.05) is 18.5 Å². The van der Waals surface area contributed by atoms with E-state index in [-0.39, 0.29) is 0 Å². The molecule has 22 heavy (non-hydrogen) atoms. The van der Waals surface area contributed by atoms with Crippen LogP contribution in [0.4, 0.5) is 11.8 Å². The Balaban J connectivity index is 2.06. The third-order valence-electron chi connectivity index (χ3n) is 3.36. The fourth-order valence-electron chi connectivity index (χ4n) is 2.30. The molecule has 3 aromatic rings. The Bertz CT molecular complexity index is 828. The van der Waals surface area contributed by atoms with Gasteiger partial charge < -0.3 is 14.8 Å². The van der Waals surface area contributed by atoms with Crippen molar-refractivity contribution in [3.05, 3.63) is 30.1 Å². The minimum atomic E-state index is 0.509. The van der Waals surface area contributed by atoms with Gasteiger partial charge in [-0.15, -0.1) is 5.10 Å². The lowest BCUT2D eigenvalue weighted by molar-refractivity contribution is 0.356. The maximum absolute atomic E-state index is 5.34. The first-order valence-electron chi connectivity index (χ1n) is 6.76. The molecule has 7 heteroatoms. The van der Waals surface area contributed by atoms with Crippen LogP contribution in [0.1, 0.15) is 5.56 Å². The van der Waals surface area contributed by atoms with Crippen LogP contribution in [0.15, 0.2) is 24.5 Å². The number of fused-ring (bicyclic) bond motifs is 1. The van der Waals surface area contributed by atoms with Gasteiger partial charge in [0.15, 0.2) is 11.5 Å². The average Bonchev–Trinajstić information content (AvgIpc) is 2.91. The lowest BCUT2D eigenvalue weighted by Crippen LogP contribution is -1.99. The zero-order chi connectivity index (χ0) is 15.7. The molecular weight excluding hydrogens is 282 g/mol. The number of nitrogens with one attached hydrogen (secondary N) is 1. The second-order valence-electron chi connectivity index (χ2n) is 4.92. The second-order valence-corrected chi connectivity index (χ2v) is 4.92. The first-order chi connectivity index (χ1) is 10.6.